The number of carbonyl (C=O) groups is 1. The molecule has 0 aliphatic rings. The number of hydrogen-bond donors (Lipinski definition) is 2. The second-order valence-electron chi connectivity index (χ2n) is 3.33. The van der Waals surface area contributed by atoms with E-state index in [0.29, 0.717) is 23.8 Å². The summed E-state index contributed by atoms with van der Waals surface area (Å²) in [5.41, 5.74) is 6.31. The minimum Gasteiger partial charge on any atom is -0.464 e. The molecule has 1 unspecified atom stereocenters. The maximum atomic E-state index is 11.3. The molecule has 0 saturated heterocycles. The topological polar surface area (TPSA) is 94.3 Å². The number of nitrogens with two attached hydrogens (primary N) is 1. The number of carbonyl (C=O) groups excluding carboxylic acids is 1. The second-order valence-corrected chi connectivity index (χ2v) is 4.88. The summed E-state index contributed by atoms with van der Waals surface area (Å²) in [7, 11) is 0.401. The molecule has 0 spiro atoms. The molecule has 6 nitrogen and oxygen atoms in total. The Bertz CT molecular complexity index is 437. The molecule has 0 aromatic carbocycles. The number of nitrogen functional groups attached to an aromatic ring is 1. The van der Waals surface area contributed by atoms with E-state index in [-0.39, 0.29) is 5.69 Å². The maximum Gasteiger partial charge on any atom is 0.356 e. The lowest BCUT2D eigenvalue weighted by molar-refractivity contribution is 0.0594. The van der Waals surface area contributed by atoms with Crippen molar-refractivity contribution in [1.29, 1.82) is 0 Å². The Morgan fingerprint density at radius 1 is 1.59 bits per heavy atom. The molecular formula is C10H15N3O3S. The van der Waals surface area contributed by atoms with Gasteiger partial charge in [-0.2, -0.15) is 0 Å². The lowest BCUT2D eigenvalue weighted by atomic mass is 10.3. The minimum atomic E-state index is -0.884. The number of aromatic nitrogens is 1. The van der Waals surface area contributed by atoms with E-state index < -0.39 is 16.8 Å². The third-order valence-corrected chi connectivity index (χ3v) is 2.78. The third kappa shape index (κ3) is 4.03. The van der Waals surface area contributed by atoms with Crippen molar-refractivity contribution in [3.63, 3.8) is 0 Å². The summed E-state index contributed by atoms with van der Waals surface area (Å²) < 4.78 is 15.4. The fourth-order valence-corrected chi connectivity index (χ4v) is 1.53. The number of anilines is 2. The van der Waals surface area contributed by atoms with Crippen LogP contribution in [0.5, 0.6) is 0 Å². The van der Waals surface area contributed by atoms with Gasteiger partial charge in [0.2, 0.25) is 0 Å². The first kappa shape index (κ1) is 13.4. The van der Waals surface area contributed by atoms with Crippen LogP contribution in [0, 0.1) is 0 Å². The van der Waals surface area contributed by atoms with Crippen LogP contribution >= 0.6 is 0 Å². The molecule has 1 aromatic heterocycles. The van der Waals surface area contributed by atoms with Gasteiger partial charge in [0, 0.05) is 29.4 Å². The highest BCUT2D eigenvalue weighted by molar-refractivity contribution is 7.84. The SMILES string of the molecule is COC(=O)c1ccc(N)c(NCCS(C)=O)n1. The highest BCUT2D eigenvalue weighted by atomic mass is 32.2. The van der Waals surface area contributed by atoms with Gasteiger partial charge in [-0.05, 0) is 12.1 Å². The Labute approximate surface area is 102 Å². The van der Waals surface area contributed by atoms with E-state index in [2.05, 4.69) is 15.0 Å². The van der Waals surface area contributed by atoms with E-state index in [9.17, 15) is 9.00 Å². The number of nitrogens with zero attached hydrogens (tertiary/aromatic N) is 1. The first-order valence-electron chi connectivity index (χ1n) is 4.93. The lowest BCUT2D eigenvalue weighted by Gasteiger charge is -2.08. The van der Waals surface area contributed by atoms with Crippen LogP contribution in [-0.2, 0) is 15.5 Å². The molecule has 1 rings (SSSR count). The Hall–Kier alpha value is -1.63. The van der Waals surface area contributed by atoms with Crippen molar-refractivity contribution in [2.45, 2.75) is 0 Å². The van der Waals surface area contributed by atoms with Gasteiger partial charge >= 0.3 is 5.97 Å². The predicted molar refractivity (Wildman–Crippen MR) is 67.4 cm³/mol. The summed E-state index contributed by atoms with van der Waals surface area (Å²) >= 11 is 0. The summed E-state index contributed by atoms with van der Waals surface area (Å²) in [5, 5.41) is 2.93. The molecule has 0 bridgehead atoms. The summed E-state index contributed by atoms with van der Waals surface area (Å²) in [6.07, 6.45) is 1.61. The van der Waals surface area contributed by atoms with Gasteiger partial charge in [0.1, 0.15) is 5.82 Å². The molecule has 1 heterocycles. The largest absolute Gasteiger partial charge is 0.464 e. The van der Waals surface area contributed by atoms with Gasteiger partial charge in [-0.1, -0.05) is 0 Å². The Kier molecular flexibility index (Phi) is 4.89. The molecule has 0 aliphatic heterocycles. The number of ether oxygens (including phenoxy) is 1. The number of hydrogen-bond acceptors (Lipinski definition) is 6. The zero-order valence-corrected chi connectivity index (χ0v) is 10.5. The van der Waals surface area contributed by atoms with Crippen LogP contribution < -0.4 is 11.1 Å². The zero-order chi connectivity index (χ0) is 12.8. The highest BCUT2D eigenvalue weighted by Crippen LogP contribution is 2.15. The van der Waals surface area contributed by atoms with Crippen LogP contribution in [0.4, 0.5) is 11.5 Å². The molecule has 0 aliphatic carbocycles. The molecule has 0 amide bonds. The summed E-state index contributed by atoms with van der Waals surface area (Å²) in [5.74, 6) is 0.370. The number of pyridine rings is 1. The maximum absolute atomic E-state index is 11.3. The van der Waals surface area contributed by atoms with Crippen molar-refractivity contribution in [3.8, 4) is 0 Å². The fraction of sp³-hybridized carbons (Fsp3) is 0.400. The summed E-state index contributed by atoms with van der Waals surface area (Å²) in [6, 6.07) is 3.06. The van der Waals surface area contributed by atoms with Crippen molar-refractivity contribution in [3.05, 3.63) is 17.8 Å². The van der Waals surface area contributed by atoms with Crippen LogP contribution in [0.25, 0.3) is 0 Å². The van der Waals surface area contributed by atoms with Gasteiger partial charge in [-0.25, -0.2) is 9.78 Å². The normalized spacial score (nSPS) is 11.9. The van der Waals surface area contributed by atoms with Crippen LogP contribution in [0.2, 0.25) is 0 Å². The van der Waals surface area contributed by atoms with E-state index in [1.54, 1.807) is 12.3 Å². The average molecular weight is 257 g/mol. The van der Waals surface area contributed by atoms with Crippen LogP contribution in [0.1, 0.15) is 10.5 Å². The van der Waals surface area contributed by atoms with Gasteiger partial charge in [0.25, 0.3) is 0 Å². The molecule has 7 heteroatoms. The first-order valence-corrected chi connectivity index (χ1v) is 6.66. The fourth-order valence-electron chi connectivity index (χ4n) is 1.14. The Balaban J connectivity index is 2.76. The van der Waals surface area contributed by atoms with Crippen molar-refractivity contribution in [1.82, 2.24) is 4.98 Å². The number of nitrogens with one attached hydrogen (secondary N) is 1. The van der Waals surface area contributed by atoms with Gasteiger partial charge < -0.3 is 15.8 Å². The number of rotatable bonds is 5. The summed E-state index contributed by atoms with van der Waals surface area (Å²) in [6.45, 7) is 0.477. The molecule has 17 heavy (non-hydrogen) atoms. The van der Waals surface area contributed by atoms with Crippen LogP contribution in [0.3, 0.4) is 0 Å². The third-order valence-electron chi connectivity index (χ3n) is 2.00. The standard InChI is InChI=1S/C10H15N3O3S/c1-16-10(14)8-4-3-7(11)9(13-8)12-5-6-17(2)15/h3-4H,5-6,11H2,1-2H3,(H,12,13). The van der Waals surface area contributed by atoms with Crippen molar-refractivity contribution < 1.29 is 13.7 Å². The molecule has 0 radical (unpaired) electrons. The van der Waals surface area contributed by atoms with E-state index in [1.807, 2.05) is 0 Å². The quantitative estimate of drug-likeness (QED) is 0.734. The Morgan fingerprint density at radius 2 is 2.29 bits per heavy atom. The average Bonchev–Trinajstić information content (AvgIpc) is 2.30. The predicted octanol–water partition coefficient (Wildman–Crippen LogP) is 0.241. The molecule has 3 N–H and O–H groups in total. The summed E-state index contributed by atoms with van der Waals surface area (Å²) in [4.78, 5) is 15.3. The monoisotopic (exact) mass is 257 g/mol. The highest BCUT2D eigenvalue weighted by Gasteiger charge is 2.09. The van der Waals surface area contributed by atoms with Gasteiger partial charge in [0.15, 0.2) is 5.69 Å². The van der Waals surface area contributed by atoms with Gasteiger partial charge in [0.05, 0.1) is 12.8 Å². The molecule has 1 atom stereocenters. The van der Waals surface area contributed by atoms with Gasteiger partial charge in [-0.15, -0.1) is 0 Å². The molecule has 94 valence electrons. The first-order chi connectivity index (χ1) is 8.04. The zero-order valence-electron chi connectivity index (χ0n) is 9.73. The van der Waals surface area contributed by atoms with Crippen LogP contribution in [0.15, 0.2) is 12.1 Å². The van der Waals surface area contributed by atoms with Crippen molar-refractivity contribution in [2.75, 3.05) is 36.7 Å². The Morgan fingerprint density at radius 3 is 2.88 bits per heavy atom. The second kappa shape index (κ2) is 6.19. The van der Waals surface area contributed by atoms with Crippen molar-refractivity contribution in [2.24, 2.45) is 0 Å². The molecule has 1 aromatic rings. The van der Waals surface area contributed by atoms with E-state index in [0.717, 1.165) is 0 Å². The minimum absolute atomic E-state index is 0.182. The molecular weight excluding hydrogens is 242 g/mol. The van der Waals surface area contributed by atoms with Crippen molar-refractivity contribution >= 4 is 28.3 Å². The van der Waals surface area contributed by atoms with E-state index in [1.165, 1.54) is 13.2 Å². The van der Waals surface area contributed by atoms with E-state index in [4.69, 9.17) is 5.73 Å². The number of methoxy groups -OCH3 is 1. The van der Waals surface area contributed by atoms with Gasteiger partial charge in [-0.3, -0.25) is 4.21 Å². The molecule has 0 fully saturated rings. The smallest absolute Gasteiger partial charge is 0.356 e. The van der Waals surface area contributed by atoms with Crippen LogP contribution in [-0.4, -0.2) is 40.8 Å². The van der Waals surface area contributed by atoms with E-state index >= 15 is 0 Å². The lowest BCUT2D eigenvalue weighted by Crippen LogP contribution is -2.14. The molecule has 0 saturated carbocycles. The number of esters is 1.